The van der Waals surface area contributed by atoms with E-state index in [1.165, 1.54) is 25.0 Å². The van der Waals surface area contributed by atoms with E-state index in [4.69, 9.17) is 0 Å². The lowest BCUT2D eigenvalue weighted by Crippen LogP contribution is -2.41. The second kappa shape index (κ2) is 7.39. The van der Waals surface area contributed by atoms with Crippen molar-refractivity contribution in [2.24, 2.45) is 0 Å². The van der Waals surface area contributed by atoms with Crippen LogP contribution in [0.15, 0.2) is 24.3 Å². The maximum atomic E-state index is 12.8. The van der Waals surface area contributed by atoms with E-state index in [0.29, 0.717) is 12.5 Å². The molecule has 0 aliphatic carbocycles. The molecule has 4 heteroatoms. The van der Waals surface area contributed by atoms with Crippen molar-refractivity contribution in [2.45, 2.75) is 51.1 Å². The van der Waals surface area contributed by atoms with E-state index in [1.54, 1.807) is 12.1 Å². The minimum atomic E-state index is -0.228. The number of amides is 1. The summed E-state index contributed by atoms with van der Waals surface area (Å²) in [6.07, 6.45) is 4.77. The van der Waals surface area contributed by atoms with Crippen LogP contribution >= 0.6 is 0 Å². The van der Waals surface area contributed by atoms with Crippen molar-refractivity contribution in [2.75, 3.05) is 6.54 Å². The quantitative estimate of drug-likeness (QED) is 0.868. The Labute approximate surface area is 120 Å². The van der Waals surface area contributed by atoms with Gasteiger partial charge in [0.2, 0.25) is 5.91 Å². The normalized spacial score (nSPS) is 20.4. The van der Waals surface area contributed by atoms with Gasteiger partial charge in [-0.05, 0) is 50.4 Å². The van der Waals surface area contributed by atoms with Crippen molar-refractivity contribution in [3.05, 3.63) is 35.6 Å². The fourth-order valence-corrected chi connectivity index (χ4v) is 2.68. The Bertz CT molecular complexity index is 427. The van der Waals surface area contributed by atoms with E-state index in [2.05, 4.69) is 10.6 Å². The van der Waals surface area contributed by atoms with Gasteiger partial charge in [0, 0.05) is 18.5 Å². The first-order chi connectivity index (χ1) is 9.63. The van der Waals surface area contributed by atoms with Crippen LogP contribution in [0, 0.1) is 5.82 Å². The molecule has 0 radical (unpaired) electrons. The van der Waals surface area contributed by atoms with Gasteiger partial charge in [0.15, 0.2) is 0 Å². The topological polar surface area (TPSA) is 41.1 Å². The minimum Gasteiger partial charge on any atom is -0.353 e. The van der Waals surface area contributed by atoms with Crippen LogP contribution in [0.5, 0.6) is 0 Å². The fourth-order valence-electron chi connectivity index (χ4n) is 2.68. The second-order valence-corrected chi connectivity index (χ2v) is 5.65. The van der Waals surface area contributed by atoms with Crippen molar-refractivity contribution in [3.8, 4) is 0 Å². The minimum absolute atomic E-state index is 0.0663. The van der Waals surface area contributed by atoms with Crippen LogP contribution in [0.4, 0.5) is 4.39 Å². The highest BCUT2D eigenvalue weighted by Crippen LogP contribution is 2.10. The van der Waals surface area contributed by atoms with Gasteiger partial charge >= 0.3 is 0 Å². The van der Waals surface area contributed by atoms with Crippen molar-refractivity contribution >= 4 is 5.91 Å². The molecule has 2 N–H and O–H groups in total. The Balaban J connectivity index is 1.74. The second-order valence-electron chi connectivity index (χ2n) is 5.65. The van der Waals surface area contributed by atoms with Gasteiger partial charge in [-0.1, -0.05) is 18.6 Å². The predicted molar refractivity (Wildman–Crippen MR) is 78.0 cm³/mol. The van der Waals surface area contributed by atoms with E-state index in [9.17, 15) is 9.18 Å². The van der Waals surface area contributed by atoms with Gasteiger partial charge < -0.3 is 10.6 Å². The van der Waals surface area contributed by atoms with Gasteiger partial charge in [-0.2, -0.15) is 0 Å². The molecule has 0 aromatic heterocycles. The van der Waals surface area contributed by atoms with Gasteiger partial charge in [0.05, 0.1) is 0 Å². The summed E-state index contributed by atoms with van der Waals surface area (Å²) in [5.41, 5.74) is 1.04. The molecule has 1 heterocycles. The van der Waals surface area contributed by atoms with Crippen LogP contribution in [0.1, 0.15) is 38.2 Å². The molecule has 1 fully saturated rings. The maximum absolute atomic E-state index is 12.8. The summed E-state index contributed by atoms with van der Waals surface area (Å²) >= 11 is 0. The van der Waals surface area contributed by atoms with Gasteiger partial charge in [-0.25, -0.2) is 4.39 Å². The van der Waals surface area contributed by atoms with Crippen LogP contribution in [-0.4, -0.2) is 24.5 Å². The molecule has 2 rings (SSSR count). The number of benzene rings is 1. The lowest BCUT2D eigenvalue weighted by molar-refractivity contribution is -0.122. The molecule has 2 atom stereocenters. The molecule has 1 aliphatic rings. The van der Waals surface area contributed by atoms with Crippen molar-refractivity contribution in [1.82, 2.24) is 10.6 Å². The number of nitrogens with one attached hydrogen (secondary N) is 2. The Hall–Kier alpha value is -1.42. The summed E-state index contributed by atoms with van der Waals surface area (Å²) in [5.74, 6) is -0.132. The SMILES string of the molecule is CC(Cc1ccc(F)cc1)NC(=O)CC1CCCCN1. The van der Waals surface area contributed by atoms with Crippen LogP contribution < -0.4 is 10.6 Å². The van der Waals surface area contributed by atoms with Crippen LogP contribution in [0.2, 0.25) is 0 Å². The van der Waals surface area contributed by atoms with Gasteiger partial charge in [-0.3, -0.25) is 4.79 Å². The molecule has 1 amide bonds. The molecule has 1 aromatic rings. The highest BCUT2D eigenvalue weighted by molar-refractivity contribution is 5.76. The molecule has 110 valence electrons. The third kappa shape index (κ3) is 4.93. The molecular formula is C16H23FN2O. The lowest BCUT2D eigenvalue weighted by Gasteiger charge is -2.23. The zero-order valence-corrected chi connectivity index (χ0v) is 12.0. The summed E-state index contributed by atoms with van der Waals surface area (Å²) < 4.78 is 12.8. The molecule has 0 bridgehead atoms. The number of hydrogen-bond acceptors (Lipinski definition) is 2. The maximum Gasteiger partial charge on any atom is 0.221 e. The van der Waals surface area contributed by atoms with Crippen LogP contribution in [-0.2, 0) is 11.2 Å². The molecule has 1 saturated heterocycles. The molecule has 1 aromatic carbocycles. The predicted octanol–water partition coefficient (Wildman–Crippen LogP) is 2.41. The molecule has 2 unspecified atom stereocenters. The van der Waals surface area contributed by atoms with Gasteiger partial charge in [0.25, 0.3) is 0 Å². The lowest BCUT2D eigenvalue weighted by atomic mass is 10.0. The summed E-state index contributed by atoms with van der Waals surface area (Å²) in [4.78, 5) is 12.0. The molecule has 1 aliphatic heterocycles. The zero-order valence-electron chi connectivity index (χ0n) is 12.0. The third-order valence-electron chi connectivity index (χ3n) is 3.71. The number of carbonyl (C=O) groups is 1. The van der Waals surface area contributed by atoms with E-state index >= 15 is 0 Å². The smallest absolute Gasteiger partial charge is 0.221 e. The fraction of sp³-hybridized carbons (Fsp3) is 0.562. The van der Waals surface area contributed by atoms with Crippen LogP contribution in [0.3, 0.4) is 0 Å². The van der Waals surface area contributed by atoms with E-state index in [1.807, 2.05) is 6.92 Å². The summed E-state index contributed by atoms with van der Waals surface area (Å²) in [6.45, 7) is 3.00. The van der Waals surface area contributed by atoms with Crippen molar-refractivity contribution in [1.29, 1.82) is 0 Å². The van der Waals surface area contributed by atoms with E-state index in [-0.39, 0.29) is 17.8 Å². The van der Waals surface area contributed by atoms with Crippen molar-refractivity contribution in [3.63, 3.8) is 0 Å². The Kier molecular flexibility index (Phi) is 5.53. The van der Waals surface area contributed by atoms with Gasteiger partial charge in [-0.15, -0.1) is 0 Å². The largest absolute Gasteiger partial charge is 0.353 e. The highest BCUT2D eigenvalue weighted by Gasteiger charge is 2.17. The summed E-state index contributed by atoms with van der Waals surface area (Å²) in [7, 11) is 0. The highest BCUT2D eigenvalue weighted by atomic mass is 19.1. The number of rotatable bonds is 5. The number of carbonyl (C=O) groups excluding carboxylic acids is 1. The van der Waals surface area contributed by atoms with E-state index < -0.39 is 0 Å². The monoisotopic (exact) mass is 278 g/mol. The first-order valence-corrected chi connectivity index (χ1v) is 7.40. The van der Waals surface area contributed by atoms with Crippen molar-refractivity contribution < 1.29 is 9.18 Å². The number of hydrogen-bond donors (Lipinski definition) is 2. The average molecular weight is 278 g/mol. The number of piperidine rings is 1. The van der Waals surface area contributed by atoms with Crippen LogP contribution in [0.25, 0.3) is 0 Å². The standard InChI is InChI=1S/C16H23FN2O/c1-12(10-13-5-7-14(17)8-6-13)19-16(20)11-15-4-2-3-9-18-15/h5-8,12,15,18H,2-4,9-11H2,1H3,(H,19,20). The first-order valence-electron chi connectivity index (χ1n) is 7.40. The molecule has 3 nitrogen and oxygen atoms in total. The average Bonchev–Trinajstić information content (AvgIpc) is 2.42. The summed E-state index contributed by atoms with van der Waals surface area (Å²) in [6, 6.07) is 6.82. The Morgan fingerprint density at radius 1 is 1.40 bits per heavy atom. The molecule has 0 saturated carbocycles. The third-order valence-corrected chi connectivity index (χ3v) is 3.71. The zero-order chi connectivity index (χ0) is 14.4. The number of halogens is 1. The molecule has 0 spiro atoms. The van der Waals surface area contributed by atoms with Gasteiger partial charge in [0.1, 0.15) is 5.82 Å². The first kappa shape index (κ1) is 15.0. The Morgan fingerprint density at radius 3 is 2.80 bits per heavy atom. The van der Waals surface area contributed by atoms with E-state index in [0.717, 1.165) is 24.9 Å². The molecular weight excluding hydrogens is 255 g/mol. The Morgan fingerprint density at radius 2 is 2.15 bits per heavy atom. The summed E-state index contributed by atoms with van der Waals surface area (Å²) in [5, 5.41) is 6.39. The molecule has 20 heavy (non-hydrogen) atoms.